The van der Waals surface area contributed by atoms with Crippen molar-refractivity contribution < 1.29 is 0 Å². The molecule has 0 aliphatic carbocycles. The molecule has 1 aliphatic heterocycles. The highest BCUT2D eigenvalue weighted by atomic mass is 32.2. The van der Waals surface area contributed by atoms with Crippen LogP contribution in [0.15, 0.2) is 0 Å². The summed E-state index contributed by atoms with van der Waals surface area (Å²) in [6, 6.07) is 0. The fourth-order valence-electron chi connectivity index (χ4n) is 1.22. The first-order valence-electron chi connectivity index (χ1n) is 4.02. The Bertz CT molecular complexity index is 125. The topological polar surface area (TPSA) is 0 Å². The van der Waals surface area contributed by atoms with Crippen molar-refractivity contribution in [3.8, 4) is 0 Å². The van der Waals surface area contributed by atoms with Crippen LogP contribution in [0.1, 0.15) is 26.7 Å². The average molecular weight is 208 g/mol. The van der Waals surface area contributed by atoms with Crippen LogP contribution in [0.5, 0.6) is 0 Å². The van der Waals surface area contributed by atoms with Crippen LogP contribution in [0.25, 0.3) is 0 Å². The molecule has 0 spiro atoms. The molecule has 2 atom stereocenters. The minimum Gasteiger partial charge on any atom is -0.165 e. The number of hydrogen-bond donors (Lipinski definition) is 2. The highest BCUT2D eigenvalue weighted by Crippen LogP contribution is 2.43. The lowest BCUT2D eigenvalue weighted by atomic mass is 9.88. The number of rotatable bonds is 1. The van der Waals surface area contributed by atoms with Crippen molar-refractivity contribution in [1.29, 1.82) is 0 Å². The van der Waals surface area contributed by atoms with Gasteiger partial charge < -0.3 is 0 Å². The molecule has 0 saturated carbocycles. The Balaban J connectivity index is 2.48. The lowest BCUT2D eigenvalue weighted by Gasteiger charge is -2.38. The van der Waals surface area contributed by atoms with Gasteiger partial charge in [-0.05, 0) is 18.3 Å². The summed E-state index contributed by atoms with van der Waals surface area (Å²) in [5.41, 5.74) is 0.351. The van der Waals surface area contributed by atoms with Gasteiger partial charge >= 0.3 is 0 Å². The monoisotopic (exact) mass is 208 g/mol. The second-order valence-corrected chi connectivity index (χ2v) is 6.55. The minimum absolute atomic E-state index is 0.238. The van der Waals surface area contributed by atoms with Crippen molar-refractivity contribution in [3.05, 3.63) is 0 Å². The van der Waals surface area contributed by atoms with E-state index in [4.69, 9.17) is 0 Å². The van der Waals surface area contributed by atoms with Crippen LogP contribution in [0.3, 0.4) is 0 Å². The molecule has 2 unspecified atom stereocenters. The van der Waals surface area contributed by atoms with E-state index >= 15 is 0 Å². The molecule has 1 saturated heterocycles. The van der Waals surface area contributed by atoms with Gasteiger partial charge in [0.25, 0.3) is 0 Å². The molecule has 1 aliphatic rings. The van der Waals surface area contributed by atoms with Crippen LogP contribution in [0.4, 0.5) is 0 Å². The Morgan fingerprint density at radius 2 is 2.18 bits per heavy atom. The molecule has 0 N–H and O–H groups in total. The Labute approximate surface area is 84.7 Å². The quantitative estimate of drug-likeness (QED) is 0.493. The largest absolute Gasteiger partial charge is 0.165 e. The van der Waals surface area contributed by atoms with E-state index in [1.54, 1.807) is 0 Å². The van der Waals surface area contributed by atoms with Crippen molar-refractivity contribution >= 4 is 37.0 Å². The molecule has 0 bridgehead atoms. The third kappa shape index (κ3) is 2.49. The lowest BCUT2D eigenvalue weighted by Crippen LogP contribution is -2.32. The third-order valence-corrected chi connectivity index (χ3v) is 5.32. The maximum absolute atomic E-state index is 4.41. The van der Waals surface area contributed by atoms with Crippen LogP contribution in [0.2, 0.25) is 0 Å². The van der Waals surface area contributed by atoms with E-state index in [1.165, 1.54) is 18.6 Å². The minimum atomic E-state index is 0.238. The molecule has 0 radical (unpaired) electrons. The molecule has 66 valence electrons. The van der Waals surface area contributed by atoms with Crippen molar-refractivity contribution in [2.24, 2.45) is 5.41 Å². The van der Waals surface area contributed by atoms with Gasteiger partial charge in [0.05, 0.1) is 4.58 Å². The third-order valence-electron chi connectivity index (χ3n) is 2.44. The summed E-state index contributed by atoms with van der Waals surface area (Å²) in [6.45, 7) is 4.59. The molecule has 1 fully saturated rings. The van der Waals surface area contributed by atoms with Gasteiger partial charge in [-0.15, -0.1) is 0 Å². The molecule has 0 aromatic heterocycles. The van der Waals surface area contributed by atoms with E-state index < -0.39 is 0 Å². The van der Waals surface area contributed by atoms with Crippen LogP contribution in [0, 0.1) is 5.41 Å². The van der Waals surface area contributed by atoms with E-state index in [0.29, 0.717) is 5.41 Å². The van der Waals surface area contributed by atoms with Crippen molar-refractivity contribution in [2.75, 3.05) is 5.75 Å². The molecule has 3 heteroatoms. The van der Waals surface area contributed by atoms with Crippen LogP contribution >= 0.6 is 37.0 Å². The summed E-state index contributed by atoms with van der Waals surface area (Å²) < 4.78 is 0.238. The first kappa shape index (κ1) is 10.1. The maximum Gasteiger partial charge on any atom is 0.0503 e. The van der Waals surface area contributed by atoms with Gasteiger partial charge in [-0.2, -0.15) is 37.0 Å². The molecule has 0 amide bonds. The highest BCUT2D eigenvalue weighted by Gasteiger charge is 2.33. The molecule has 11 heavy (non-hydrogen) atoms. The van der Waals surface area contributed by atoms with Gasteiger partial charge in [0.2, 0.25) is 0 Å². The zero-order valence-electron chi connectivity index (χ0n) is 7.08. The van der Waals surface area contributed by atoms with E-state index in [2.05, 4.69) is 50.9 Å². The molecule has 1 heterocycles. The Morgan fingerprint density at radius 3 is 2.55 bits per heavy atom. The normalized spacial score (nSPS) is 39.5. The predicted octanol–water partition coefficient (Wildman–Crippen LogP) is 3.09. The van der Waals surface area contributed by atoms with E-state index in [1.807, 2.05) is 0 Å². The number of thiol groups is 2. The van der Waals surface area contributed by atoms with E-state index in [0.717, 1.165) is 5.25 Å². The molecule has 0 nitrogen and oxygen atoms in total. The van der Waals surface area contributed by atoms with E-state index in [9.17, 15) is 0 Å². The zero-order chi connectivity index (χ0) is 8.48. The highest BCUT2D eigenvalue weighted by molar-refractivity contribution is 8.00. The van der Waals surface area contributed by atoms with Gasteiger partial charge in [-0.25, -0.2) is 0 Å². The number of hydrogen-bond acceptors (Lipinski definition) is 3. The average Bonchev–Trinajstić information content (AvgIpc) is 1.95. The lowest BCUT2D eigenvalue weighted by molar-refractivity contribution is 0.357. The molecule has 0 aromatic rings. The predicted molar refractivity (Wildman–Crippen MR) is 61.0 cm³/mol. The smallest absolute Gasteiger partial charge is 0.0503 e. The van der Waals surface area contributed by atoms with Crippen molar-refractivity contribution in [1.82, 2.24) is 0 Å². The standard InChI is InChI=1S/C8H16S3/c1-6-3-4-8(2,5-11-6)7(9)10/h6-7,9-10H,3-5H2,1-2H3. The van der Waals surface area contributed by atoms with Gasteiger partial charge in [0, 0.05) is 11.0 Å². The van der Waals surface area contributed by atoms with E-state index in [-0.39, 0.29) is 4.58 Å². The summed E-state index contributed by atoms with van der Waals surface area (Å²) in [7, 11) is 0. The van der Waals surface area contributed by atoms with Gasteiger partial charge in [0.1, 0.15) is 0 Å². The first-order chi connectivity index (χ1) is 5.04. The summed E-state index contributed by atoms with van der Waals surface area (Å²) >= 11 is 10.9. The first-order valence-corrected chi connectivity index (χ1v) is 6.10. The van der Waals surface area contributed by atoms with Crippen LogP contribution in [-0.2, 0) is 0 Å². The summed E-state index contributed by atoms with van der Waals surface area (Å²) in [5, 5.41) is 0.837. The SMILES string of the molecule is CC1CCC(C)(C(S)S)CS1. The summed E-state index contributed by atoms with van der Waals surface area (Å²) in [5.74, 6) is 1.21. The molecule has 0 aromatic carbocycles. The Morgan fingerprint density at radius 1 is 1.55 bits per heavy atom. The fraction of sp³-hybridized carbons (Fsp3) is 1.00. The Kier molecular flexibility index (Phi) is 3.54. The summed E-state index contributed by atoms with van der Waals surface area (Å²) in [4.78, 5) is 0. The van der Waals surface area contributed by atoms with Crippen molar-refractivity contribution in [2.45, 2.75) is 36.5 Å². The molecule has 1 rings (SSSR count). The van der Waals surface area contributed by atoms with Gasteiger partial charge in [0.15, 0.2) is 0 Å². The summed E-state index contributed by atoms with van der Waals surface area (Å²) in [6.07, 6.45) is 2.59. The Hall–Kier alpha value is 1.05. The van der Waals surface area contributed by atoms with Gasteiger partial charge in [-0.1, -0.05) is 13.8 Å². The van der Waals surface area contributed by atoms with Crippen molar-refractivity contribution in [3.63, 3.8) is 0 Å². The van der Waals surface area contributed by atoms with Crippen LogP contribution < -0.4 is 0 Å². The van der Waals surface area contributed by atoms with Gasteiger partial charge in [-0.3, -0.25) is 0 Å². The molecular weight excluding hydrogens is 192 g/mol. The fourth-order valence-corrected chi connectivity index (χ4v) is 3.17. The second kappa shape index (κ2) is 3.84. The molecular formula is C8H16S3. The second-order valence-electron chi connectivity index (χ2n) is 3.69. The zero-order valence-corrected chi connectivity index (χ0v) is 9.68. The van der Waals surface area contributed by atoms with Crippen LogP contribution in [-0.4, -0.2) is 15.6 Å². The maximum atomic E-state index is 4.41. The number of thioether (sulfide) groups is 1.